The lowest BCUT2D eigenvalue weighted by Gasteiger charge is -2.36. The standard InChI is InChI=1S/C20H24N4O3/c1-15(25)21-16-6-8-18(9-7-16)23-10-12-24(13-11-23)20(26)22-17-4-3-5-19(14-17)27-2/h3-9,14H,10-13H2,1-2H3,(H,21,25)(H,22,26). The number of amides is 3. The summed E-state index contributed by atoms with van der Waals surface area (Å²) >= 11 is 0. The zero-order valence-corrected chi connectivity index (χ0v) is 15.6. The molecule has 2 aromatic rings. The highest BCUT2D eigenvalue weighted by atomic mass is 16.5. The summed E-state index contributed by atoms with van der Waals surface area (Å²) in [6.45, 7) is 4.28. The van der Waals surface area contributed by atoms with Crippen molar-refractivity contribution in [3.8, 4) is 5.75 Å². The summed E-state index contributed by atoms with van der Waals surface area (Å²) in [5, 5.41) is 5.68. The molecule has 1 aliphatic rings. The third-order valence-corrected chi connectivity index (χ3v) is 4.44. The molecule has 0 aliphatic carbocycles. The van der Waals surface area contributed by atoms with Gasteiger partial charge in [-0.3, -0.25) is 4.79 Å². The highest BCUT2D eigenvalue weighted by Crippen LogP contribution is 2.21. The molecule has 7 nitrogen and oxygen atoms in total. The molecule has 1 fully saturated rings. The Morgan fingerprint density at radius 2 is 1.63 bits per heavy atom. The van der Waals surface area contributed by atoms with Crippen molar-refractivity contribution in [1.82, 2.24) is 4.90 Å². The number of carbonyl (C=O) groups is 2. The summed E-state index contributed by atoms with van der Waals surface area (Å²) in [7, 11) is 1.60. The molecule has 0 aromatic heterocycles. The Bertz CT molecular complexity index is 799. The first-order valence-corrected chi connectivity index (χ1v) is 8.88. The van der Waals surface area contributed by atoms with Gasteiger partial charge < -0.3 is 25.2 Å². The van der Waals surface area contributed by atoms with Crippen LogP contribution in [0, 0.1) is 0 Å². The summed E-state index contributed by atoms with van der Waals surface area (Å²) in [6, 6.07) is 15.0. The van der Waals surface area contributed by atoms with Crippen LogP contribution in [-0.2, 0) is 4.79 Å². The number of carbonyl (C=O) groups excluding carboxylic acids is 2. The van der Waals surface area contributed by atoms with E-state index in [1.165, 1.54) is 6.92 Å². The van der Waals surface area contributed by atoms with Crippen LogP contribution < -0.4 is 20.3 Å². The molecule has 3 rings (SSSR count). The molecule has 3 amide bonds. The number of urea groups is 1. The maximum Gasteiger partial charge on any atom is 0.321 e. The highest BCUT2D eigenvalue weighted by Gasteiger charge is 2.21. The second-order valence-corrected chi connectivity index (χ2v) is 6.36. The molecule has 142 valence electrons. The number of anilines is 3. The maximum absolute atomic E-state index is 12.5. The molecule has 0 radical (unpaired) electrons. The summed E-state index contributed by atoms with van der Waals surface area (Å²) in [5.74, 6) is 0.624. The Kier molecular flexibility index (Phi) is 5.80. The lowest BCUT2D eigenvalue weighted by molar-refractivity contribution is -0.114. The Morgan fingerprint density at radius 1 is 0.926 bits per heavy atom. The molecule has 0 saturated carbocycles. The van der Waals surface area contributed by atoms with Crippen LogP contribution in [0.1, 0.15) is 6.92 Å². The number of piperazine rings is 1. The average molecular weight is 368 g/mol. The van der Waals surface area contributed by atoms with Gasteiger partial charge in [0.05, 0.1) is 7.11 Å². The zero-order valence-electron chi connectivity index (χ0n) is 15.6. The van der Waals surface area contributed by atoms with Gasteiger partial charge in [0.15, 0.2) is 0 Å². The van der Waals surface area contributed by atoms with Crippen LogP contribution in [0.15, 0.2) is 48.5 Å². The normalized spacial score (nSPS) is 13.9. The summed E-state index contributed by atoms with van der Waals surface area (Å²) in [6.07, 6.45) is 0. The topological polar surface area (TPSA) is 73.9 Å². The van der Waals surface area contributed by atoms with Crippen LogP contribution in [0.3, 0.4) is 0 Å². The first-order chi connectivity index (χ1) is 13.0. The molecule has 7 heteroatoms. The number of hydrogen-bond acceptors (Lipinski definition) is 4. The Hall–Kier alpha value is -3.22. The fraction of sp³-hybridized carbons (Fsp3) is 0.300. The molecule has 0 atom stereocenters. The van der Waals surface area contributed by atoms with Gasteiger partial charge in [-0.25, -0.2) is 4.79 Å². The van der Waals surface area contributed by atoms with E-state index in [1.807, 2.05) is 47.4 Å². The van der Waals surface area contributed by atoms with E-state index in [4.69, 9.17) is 4.74 Å². The Morgan fingerprint density at radius 3 is 2.26 bits per heavy atom. The van der Waals surface area contributed by atoms with E-state index in [0.29, 0.717) is 18.8 Å². The van der Waals surface area contributed by atoms with Crippen molar-refractivity contribution in [2.24, 2.45) is 0 Å². The van der Waals surface area contributed by atoms with Gasteiger partial charge in [-0.2, -0.15) is 0 Å². The van der Waals surface area contributed by atoms with Gasteiger partial charge in [-0.05, 0) is 36.4 Å². The van der Waals surface area contributed by atoms with Gasteiger partial charge in [0.1, 0.15) is 5.75 Å². The van der Waals surface area contributed by atoms with Crippen LogP contribution in [0.5, 0.6) is 5.75 Å². The molecule has 0 bridgehead atoms. The van der Waals surface area contributed by atoms with Crippen molar-refractivity contribution >= 4 is 29.0 Å². The summed E-state index contributed by atoms with van der Waals surface area (Å²) in [4.78, 5) is 27.6. The van der Waals surface area contributed by atoms with E-state index in [1.54, 1.807) is 13.2 Å². The largest absolute Gasteiger partial charge is 0.497 e. The first kappa shape index (κ1) is 18.6. The van der Waals surface area contributed by atoms with Gasteiger partial charge in [0.2, 0.25) is 5.91 Å². The minimum Gasteiger partial charge on any atom is -0.497 e. The average Bonchev–Trinajstić information content (AvgIpc) is 2.68. The Balaban J connectivity index is 1.53. The number of ether oxygens (including phenoxy) is 1. The fourth-order valence-corrected chi connectivity index (χ4v) is 3.03. The van der Waals surface area contributed by atoms with Gasteiger partial charge >= 0.3 is 6.03 Å². The molecule has 2 aromatic carbocycles. The van der Waals surface area contributed by atoms with E-state index in [0.717, 1.165) is 30.2 Å². The van der Waals surface area contributed by atoms with E-state index in [2.05, 4.69) is 15.5 Å². The van der Waals surface area contributed by atoms with Crippen molar-refractivity contribution in [3.05, 3.63) is 48.5 Å². The third kappa shape index (κ3) is 4.91. The predicted molar refractivity (Wildman–Crippen MR) is 107 cm³/mol. The van der Waals surface area contributed by atoms with Crippen LogP contribution in [0.25, 0.3) is 0 Å². The van der Waals surface area contributed by atoms with Gasteiger partial charge in [0.25, 0.3) is 0 Å². The van der Waals surface area contributed by atoms with Gasteiger partial charge in [0, 0.05) is 56.2 Å². The van der Waals surface area contributed by atoms with Gasteiger partial charge in [-0.1, -0.05) is 6.07 Å². The molecule has 0 spiro atoms. The smallest absolute Gasteiger partial charge is 0.321 e. The number of nitrogens with zero attached hydrogens (tertiary/aromatic N) is 2. The van der Waals surface area contributed by atoms with Crippen LogP contribution in [0.4, 0.5) is 21.9 Å². The number of benzene rings is 2. The number of nitrogens with one attached hydrogen (secondary N) is 2. The summed E-state index contributed by atoms with van der Waals surface area (Å²) < 4.78 is 5.18. The molecular weight excluding hydrogens is 344 g/mol. The minimum absolute atomic E-state index is 0.0848. The number of rotatable bonds is 4. The molecule has 27 heavy (non-hydrogen) atoms. The number of methoxy groups -OCH3 is 1. The van der Waals surface area contributed by atoms with E-state index in [-0.39, 0.29) is 11.9 Å². The summed E-state index contributed by atoms with van der Waals surface area (Å²) in [5.41, 5.74) is 2.58. The zero-order chi connectivity index (χ0) is 19.2. The quantitative estimate of drug-likeness (QED) is 0.870. The van der Waals surface area contributed by atoms with E-state index in [9.17, 15) is 9.59 Å². The monoisotopic (exact) mass is 368 g/mol. The van der Waals surface area contributed by atoms with Crippen molar-refractivity contribution in [2.45, 2.75) is 6.92 Å². The second kappa shape index (κ2) is 8.44. The molecule has 1 saturated heterocycles. The van der Waals surface area contributed by atoms with Crippen LogP contribution in [-0.4, -0.2) is 50.1 Å². The predicted octanol–water partition coefficient (Wildman–Crippen LogP) is 3.01. The number of hydrogen-bond donors (Lipinski definition) is 2. The lowest BCUT2D eigenvalue weighted by atomic mass is 10.2. The van der Waals surface area contributed by atoms with Crippen molar-refractivity contribution < 1.29 is 14.3 Å². The molecule has 1 aliphatic heterocycles. The molecule has 2 N–H and O–H groups in total. The molecule has 0 unspecified atom stereocenters. The minimum atomic E-state index is -0.107. The van der Waals surface area contributed by atoms with E-state index < -0.39 is 0 Å². The van der Waals surface area contributed by atoms with Crippen LogP contribution in [0.2, 0.25) is 0 Å². The van der Waals surface area contributed by atoms with Crippen molar-refractivity contribution in [1.29, 1.82) is 0 Å². The first-order valence-electron chi connectivity index (χ1n) is 8.88. The van der Waals surface area contributed by atoms with E-state index >= 15 is 0 Å². The SMILES string of the molecule is COc1cccc(NC(=O)N2CCN(c3ccc(NC(C)=O)cc3)CC2)c1. The molecule has 1 heterocycles. The second-order valence-electron chi connectivity index (χ2n) is 6.36. The van der Waals surface area contributed by atoms with Gasteiger partial charge in [-0.15, -0.1) is 0 Å². The lowest BCUT2D eigenvalue weighted by Crippen LogP contribution is -2.50. The van der Waals surface area contributed by atoms with Crippen LogP contribution >= 0.6 is 0 Å². The Labute approximate surface area is 158 Å². The fourth-order valence-electron chi connectivity index (χ4n) is 3.03. The van der Waals surface area contributed by atoms with Crippen molar-refractivity contribution in [3.63, 3.8) is 0 Å². The third-order valence-electron chi connectivity index (χ3n) is 4.44. The molecular formula is C20H24N4O3. The highest BCUT2D eigenvalue weighted by molar-refractivity contribution is 5.90. The van der Waals surface area contributed by atoms with Crippen molar-refractivity contribution in [2.75, 3.05) is 48.8 Å². The maximum atomic E-state index is 12.5.